The van der Waals surface area contributed by atoms with Crippen molar-refractivity contribution in [3.8, 4) is 0 Å². The third kappa shape index (κ3) is 7.94. The lowest BCUT2D eigenvalue weighted by Gasteiger charge is -2.48. The first kappa shape index (κ1) is 41.8. The first-order chi connectivity index (χ1) is 24.3. The number of nitrogens with one attached hydrogen (secondary N) is 1. The van der Waals surface area contributed by atoms with Crippen molar-refractivity contribution in [2.75, 3.05) is 13.7 Å². The summed E-state index contributed by atoms with van der Waals surface area (Å²) in [7, 11) is 1.37. The van der Waals surface area contributed by atoms with Gasteiger partial charge in [-0.15, -0.1) is 0 Å². The number of guanidine groups is 2. The molecule has 3 saturated heterocycles. The predicted molar refractivity (Wildman–Crippen MR) is 166 cm³/mol. The normalized spacial score (nSPS) is 48.1. The number of aldehydes is 1. The average molecular weight is 758 g/mol. The molecule has 0 amide bonds. The van der Waals surface area contributed by atoms with E-state index in [1.807, 2.05) is 0 Å². The van der Waals surface area contributed by atoms with Gasteiger partial charge in [0, 0.05) is 0 Å². The molecule has 3 aliphatic heterocycles. The van der Waals surface area contributed by atoms with Crippen LogP contribution in [0.3, 0.4) is 0 Å². The van der Waals surface area contributed by atoms with Crippen LogP contribution in [-0.2, 0) is 38.0 Å². The Labute approximate surface area is 294 Å². The van der Waals surface area contributed by atoms with E-state index in [9.17, 15) is 60.7 Å². The van der Waals surface area contributed by atoms with Crippen LogP contribution < -0.4 is 28.3 Å². The maximum absolute atomic E-state index is 12.3. The van der Waals surface area contributed by atoms with Crippen molar-refractivity contribution in [2.45, 2.75) is 129 Å². The van der Waals surface area contributed by atoms with Crippen molar-refractivity contribution in [1.29, 1.82) is 0 Å². The molecule has 20 atom stereocenters. The highest BCUT2D eigenvalue weighted by Gasteiger charge is 2.62. The number of carboxylic acid groups (broad SMARTS) is 1. The lowest BCUT2D eigenvalue weighted by Crippen LogP contribution is -2.68. The van der Waals surface area contributed by atoms with E-state index in [1.54, 1.807) is 0 Å². The largest absolute Gasteiger partial charge is 0.479 e. The monoisotopic (exact) mass is 757 g/mol. The zero-order chi connectivity index (χ0) is 39.0. The number of carboxylic acids is 1. The SMILES string of the molecule is CN[C@@H]1[C@H](O[C@H]2[C@H](O[C@H]3[C@H](O)[C@@H](O)[C@H](N=C(N)N)[C@@H](OC4OC(C(=O)O)C(O)C(O)C4O)[C@@H]3N=C(N)N)O[C@@H](C)[C@]2(O)C=O)O[C@@H](CO)[C@H](O)[C@H]1O. The number of aliphatic hydroxyl groups is 9. The molecule has 298 valence electrons. The summed E-state index contributed by atoms with van der Waals surface area (Å²) in [4.78, 5) is 32.0. The number of likely N-dealkylation sites (N-methyl/N-ethyl adjacent to an activating group) is 1. The van der Waals surface area contributed by atoms with Gasteiger partial charge in [-0.05, 0) is 14.0 Å². The van der Waals surface area contributed by atoms with E-state index in [2.05, 4.69) is 15.3 Å². The Balaban J connectivity index is 1.75. The van der Waals surface area contributed by atoms with Crippen molar-refractivity contribution >= 4 is 24.2 Å². The maximum atomic E-state index is 12.3. The molecule has 4 rings (SSSR count). The molecule has 1 saturated carbocycles. The van der Waals surface area contributed by atoms with Gasteiger partial charge >= 0.3 is 5.97 Å². The number of aliphatic carboxylic acids is 1. The fraction of sp³-hybridized carbons (Fsp3) is 0.852. The summed E-state index contributed by atoms with van der Waals surface area (Å²) in [5.74, 6) is -3.13. The molecule has 0 spiro atoms. The van der Waals surface area contributed by atoms with E-state index in [4.69, 9.17) is 51.4 Å². The Kier molecular flexibility index (Phi) is 13.3. The average Bonchev–Trinajstić information content (AvgIpc) is 3.32. The second-order valence-corrected chi connectivity index (χ2v) is 12.7. The summed E-state index contributed by atoms with van der Waals surface area (Å²) in [5.41, 5.74) is 20.0. The second-order valence-electron chi connectivity index (χ2n) is 12.7. The van der Waals surface area contributed by atoms with Gasteiger partial charge < -0.3 is 108 Å². The second kappa shape index (κ2) is 16.6. The highest BCUT2D eigenvalue weighted by atomic mass is 16.8. The van der Waals surface area contributed by atoms with Crippen molar-refractivity contribution in [1.82, 2.24) is 5.32 Å². The van der Waals surface area contributed by atoms with Crippen LogP contribution >= 0.6 is 0 Å². The smallest absolute Gasteiger partial charge is 0.335 e. The molecule has 4 aliphatic rings. The summed E-state index contributed by atoms with van der Waals surface area (Å²) < 4.78 is 34.3. The van der Waals surface area contributed by atoms with Gasteiger partial charge in [-0.25, -0.2) is 14.8 Å². The predicted octanol–water partition coefficient (Wildman–Crippen LogP) is -10.2. The van der Waals surface area contributed by atoms with Crippen LogP contribution in [0.1, 0.15) is 6.92 Å². The quantitative estimate of drug-likeness (QED) is 0.0499. The van der Waals surface area contributed by atoms with Crippen LogP contribution in [0.4, 0.5) is 0 Å². The van der Waals surface area contributed by atoms with E-state index in [0.29, 0.717) is 0 Å². The van der Waals surface area contributed by atoms with E-state index in [-0.39, 0.29) is 6.29 Å². The summed E-state index contributed by atoms with van der Waals surface area (Å²) >= 11 is 0. The lowest BCUT2D eigenvalue weighted by molar-refractivity contribution is -0.326. The van der Waals surface area contributed by atoms with E-state index in [1.165, 1.54) is 14.0 Å². The summed E-state index contributed by atoms with van der Waals surface area (Å²) in [6.07, 6.45) is -29.9. The van der Waals surface area contributed by atoms with E-state index >= 15 is 0 Å². The molecule has 0 aromatic carbocycles. The third-order valence-corrected chi connectivity index (χ3v) is 9.41. The minimum absolute atomic E-state index is 0.0679. The Morgan fingerprint density at radius 1 is 0.769 bits per heavy atom. The van der Waals surface area contributed by atoms with Crippen LogP contribution in [0.2, 0.25) is 0 Å². The molecule has 3 heterocycles. The van der Waals surface area contributed by atoms with Gasteiger partial charge in [-0.2, -0.15) is 0 Å². The number of hydrogen-bond acceptors (Lipinski definition) is 20. The molecule has 0 radical (unpaired) electrons. The third-order valence-electron chi connectivity index (χ3n) is 9.41. The Bertz CT molecular complexity index is 1310. The molecule has 0 aromatic rings. The standard InChI is InChI=1S/C27H47N7O18/c1-5-27(46,4-36)20(52-22-8(32-2)12(39)10(37)6(3-35)48-22)24(47-5)50-18-9(34-26(30)31)17(7(33-25(28)29)11(38)14(18)41)49-23-16(43)13(40)15(42)19(51-23)21(44)45/h4-20,22-24,32,35,37-43,46H,3H2,1-2H3,(H,44,45)(H4,28,29,33)(H4,30,31,34)/t5-,6-,7-,8-,9-,10-,11-,12-,13?,14+,15?,16?,17+,18+,19?,20-,22-,23?,24-,27+/m0/s1. The number of aliphatic hydroxyl groups excluding tert-OH is 8. The van der Waals surface area contributed by atoms with Crippen molar-refractivity contribution in [3.63, 3.8) is 0 Å². The topological polar surface area (TPSA) is 433 Å². The zero-order valence-electron chi connectivity index (χ0n) is 27.7. The van der Waals surface area contributed by atoms with Gasteiger partial charge in [-0.3, -0.25) is 4.79 Å². The highest BCUT2D eigenvalue weighted by molar-refractivity contribution is 5.77. The molecule has 5 unspecified atom stereocenters. The molecule has 25 nitrogen and oxygen atoms in total. The number of nitrogens with zero attached hydrogens (tertiary/aromatic N) is 2. The number of aliphatic imine (C=N–C) groups is 2. The fourth-order valence-electron chi connectivity index (χ4n) is 6.54. The molecule has 4 fully saturated rings. The summed E-state index contributed by atoms with van der Waals surface area (Å²) in [6.45, 7) is 0.471. The molecule has 19 N–H and O–H groups in total. The molecule has 1 aliphatic carbocycles. The Morgan fingerprint density at radius 2 is 1.37 bits per heavy atom. The molecule has 25 heteroatoms. The Morgan fingerprint density at radius 3 is 1.90 bits per heavy atom. The van der Waals surface area contributed by atoms with Crippen LogP contribution in [0.5, 0.6) is 0 Å². The minimum Gasteiger partial charge on any atom is -0.479 e. The number of nitrogens with two attached hydrogens (primary N) is 4. The number of carbonyl (C=O) groups is 2. The zero-order valence-corrected chi connectivity index (χ0v) is 27.7. The molecule has 0 bridgehead atoms. The molecular weight excluding hydrogens is 710 g/mol. The van der Waals surface area contributed by atoms with Crippen LogP contribution in [0.15, 0.2) is 9.98 Å². The van der Waals surface area contributed by atoms with Gasteiger partial charge in [0.05, 0.1) is 18.8 Å². The van der Waals surface area contributed by atoms with Gasteiger partial charge in [0.1, 0.15) is 79.2 Å². The van der Waals surface area contributed by atoms with Gasteiger partial charge in [0.2, 0.25) is 0 Å². The van der Waals surface area contributed by atoms with Crippen molar-refractivity contribution in [3.05, 3.63) is 0 Å². The summed E-state index contributed by atoms with van der Waals surface area (Å²) in [6, 6.07) is -4.74. The highest BCUT2D eigenvalue weighted by Crippen LogP contribution is 2.40. The molecule has 0 aromatic heterocycles. The molecular formula is C27H47N7O18. The van der Waals surface area contributed by atoms with E-state index < -0.39 is 146 Å². The lowest BCUT2D eigenvalue weighted by atomic mass is 9.81. The first-order valence-corrected chi connectivity index (χ1v) is 15.9. The summed E-state index contributed by atoms with van der Waals surface area (Å²) in [5, 5.41) is 108. The Hall–Kier alpha value is -2.96. The number of hydrogen-bond donors (Lipinski definition) is 15. The first-order valence-electron chi connectivity index (χ1n) is 15.9. The van der Waals surface area contributed by atoms with Gasteiger partial charge in [-0.1, -0.05) is 0 Å². The van der Waals surface area contributed by atoms with Crippen LogP contribution in [-0.4, -0.2) is 211 Å². The maximum Gasteiger partial charge on any atom is 0.335 e. The van der Waals surface area contributed by atoms with Gasteiger partial charge in [0.15, 0.2) is 48.8 Å². The minimum atomic E-state index is -2.54. The van der Waals surface area contributed by atoms with E-state index in [0.717, 1.165) is 0 Å². The number of ether oxygens (including phenoxy) is 6. The fourth-order valence-corrected chi connectivity index (χ4v) is 6.54. The molecule has 52 heavy (non-hydrogen) atoms. The number of carbonyl (C=O) groups excluding carboxylic acids is 1. The van der Waals surface area contributed by atoms with Crippen molar-refractivity contribution < 1.29 is 89.1 Å². The van der Waals surface area contributed by atoms with Crippen LogP contribution in [0.25, 0.3) is 0 Å². The number of rotatable bonds is 12. The van der Waals surface area contributed by atoms with Gasteiger partial charge in [0.25, 0.3) is 0 Å². The van der Waals surface area contributed by atoms with Crippen LogP contribution in [0, 0.1) is 0 Å². The van der Waals surface area contributed by atoms with Crippen molar-refractivity contribution in [2.24, 2.45) is 32.9 Å².